The van der Waals surface area contributed by atoms with E-state index in [1.165, 1.54) is 11.1 Å². The van der Waals surface area contributed by atoms with Crippen molar-refractivity contribution in [3.8, 4) is 0 Å². The van der Waals surface area contributed by atoms with E-state index in [4.69, 9.17) is 16.2 Å². The summed E-state index contributed by atoms with van der Waals surface area (Å²) in [5.41, 5.74) is 4.69. The van der Waals surface area contributed by atoms with Crippen molar-refractivity contribution < 1.29 is 22.6 Å². The van der Waals surface area contributed by atoms with Crippen LogP contribution in [0, 0.1) is 0 Å². The van der Waals surface area contributed by atoms with Crippen LogP contribution in [0.15, 0.2) is 72.8 Å². The number of rotatable bonds is 10. The van der Waals surface area contributed by atoms with E-state index in [1.807, 2.05) is 36.4 Å². The second-order valence-electron chi connectivity index (χ2n) is 12.5. The number of amides is 2. The predicted molar refractivity (Wildman–Crippen MR) is 171 cm³/mol. The normalized spacial score (nSPS) is 18.1. The largest absolute Gasteiger partial charge is 0.353 e. The van der Waals surface area contributed by atoms with Gasteiger partial charge in [-0.1, -0.05) is 80.9 Å². The predicted octanol–water partition coefficient (Wildman–Crippen LogP) is 6.42. The van der Waals surface area contributed by atoms with Gasteiger partial charge >= 0.3 is 0 Å². The SMILES string of the molecule is CC(C)(C)c1ccc(C(Cc2ccc(C(=O)NCCS(=O)(=O)O)cc2)C(=O)N[C@H]2CC[C@H](c3ccc(Cl)cc3)CC2)cc1. The average molecular weight is 625 g/mol. The van der Waals surface area contributed by atoms with Crippen molar-refractivity contribution in [3.05, 3.63) is 106 Å². The molecule has 0 saturated heterocycles. The first kappa shape index (κ1) is 32.7. The molecule has 3 aromatic rings. The average Bonchev–Trinajstić information content (AvgIpc) is 2.96. The molecule has 7 nitrogen and oxygen atoms in total. The highest BCUT2D eigenvalue weighted by Gasteiger charge is 2.28. The van der Waals surface area contributed by atoms with E-state index in [1.54, 1.807) is 12.1 Å². The van der Waals surface area contributed by atoms with Crippen molar-refractivity contribution in [2.24, 2.45) is 0 Å². The number of hydrogen-bond acceptors (Lipinski definition) is 4. The molecule has 0 spiro atoms. The van der Waals surface area contributed by atoms with Crippen LogP contribution in [-0.2, 0) is 26.7 Å². The third kappa shape index (κ3) is 9.65. The van der Waals surface area contributed by atoms with Crippen LogP contribution < -0.4 is 10.6 Å². The van der Waals surface area contributed by atoms with Crippen LogP contribution >= 0.6 is 11.6 Å². The Hall–Kier alpha value is -3.20. The molecule has 4 rings (SSSR count). The van der Waals surface area contributed by atoms with Gasteiger partial charge in [0.2, 0.25) is 5.91 Å². The molecule has 0 aliphatic heterocycles. The van der Waals surface area contributed by atoms with Gasteiger partial charge in [0.05, 0.1) is 11.7 Å². The van der Waals surface area contributed by atoms with Crippen molar-refractivity contribution in [1.29, 1.82) is 0 Å². The van der Waals surface area contributed by atoms with Gasteiger partial charge in [-0.05, 0) is 90.0 Å². The van der Waals surface area contributed by atoms with Gasteiger partial charge < -0.3 is 10.6 Å². The molecule has 230 valence electrons. The van der Waals surface area contributed by atoms with Gasteiger partial charge in [0.25, 0.3) is 16.0 Å². The van der Waals surface area contributed by atoms with Gasteiger partial charge in [-0.15, -0.1) is 0 Å². The Morgan fingerprint density at radius 3 is 2.07 bits per heavy atom. The second kappa shape index (κ2) is 14.1. The van der Waals surface area contributed by atoms with Crippen LogP contribution in [0.4, 0.5) is 0 Å². The summed E-state index contributed by atoms with van der Waals surface area (Å²) in [7, 11) is -4.15. The van der Waals surface area contributed by atoms with Gasteiger partial charge in [-0.2, -0.15) is 8.42 Å². The summed E-state index contributed by atoms with van der Waals surface area (Å²) in [6.45, 7) is 6.29. The lowest BCUT2D eigenvalue weighted by Crippen LogP contribution is -2.40. The van der Waals surface area contributed by atoms with E-state index in [9.17, 15) is 18.0 Å². The molecule has 0 heterocycles. The standard InChI is InChI=1S/C34H41ClN2O5S/c1-34(2,3)28-14-8-26(9-15-28)31(22-23-4-6-27(7-5-23)32(38)36-20-21-43(40,41)42)33(39)37-30-18-12-25(13-19-30)24-10-16-29(35)17-11-24/h4-11,14-17,25,30-31H,12-13,18-22H2,1-3H3,(H,36,38)(H,37,39)(H,40,41,42)/t25-,30-,31?. The molecule has 0 radical (unpaired) electrons. The molecular formula is C34H41ClN2O5S. The minimum atomic E-state index is -4.15. The van der Waals surface area contributed by atoms with Gasteiger partial charge in [0.1, 0.15) is 0 Å². The van der Waals surface area contributed by atoms with Crippen molar-refractivity contribution in [2.75, 3.05) is 12.3 Å². The highest BCUT2D eigenvalue weighted by molar-refractivity contribution is 7.85. The molecule has 43 heavy (non-hydrogen) atoms. The molecule has 3 aromatic carbocycles. The zero-order valence-corrected chi connectivity index (χ0v) is 26.5. The Kier molecular flexibility index (Phi) is 10.7. The first-order valence-corrected chi connectivity index (χ1v) is 16.8. The van der Waals surface area contributed by atoms with Crippen molar-refractivity contribution >= 4 is 33.5 Å². The van der Waals surface area contributed by atoms with Crippen LogP contribution in [0.25, 0.3) is 0 Å². The topological polar surface area (TPSA) is 113 Å². The molecule has 3 N–H and O–H groups in total. The number of carbonyl (C=O) groups is 2. The number of carbonyl (C=O) groups excluding carboxylic acids is 2. The highest BCUT2D eigenvalue weighted by atomic mass is 35.5. The smallest absolute Gasteiger partial charge is 0.266 e. The summed E-state index contributed by atoms with van der Waals surface area (Å²) >= 11 is 6.06. The maximum absolute atomic E-state index is 13.8. The Labute approximate surface area is 260 Å². The molecule has 1 aliphatic rings. The molecule has 1 atom stereocenters. The molecule has 1 aliphatic carbocycles. The van der Waals surface area contributed by atoms with Gasteiger partial charge in [-0.25, -0.2) is 0 Å². The van der Waals surface area contributed by atoms with Crippen LogP contribution in [0.5, 0.6) is 0 Å². The fourth-order valence-corrected chi connectivity index (χ4v) is 6.09. The van der Waals surface area contributed by atoms with E-state index in [-0.39, 0.29) is 23.9 Å². The third-order valence-electron chi connectivity index (χ3n) is 8.21. The fourth-order valence-electron chi connectivity index (χ4n) is 5.61. The summed E-state index contributed by atoms with van der Waals surface area (Å²) in [4.78, 5) is 26.2. The number of halogens is 1. The second-order valence-corrected chi connectivity index (χ2v) is 14.5. The Morgan fingerprint density at radius 1 is 0.907 bits per heavy atom. The van der Waals surface area contributed by atoms with Crippen LogP contribution in [0.2, 0.25) is 5.02 Å². The Balaban J connectivity index is 1.44. The third-order valence-corrected chi connectivity index (χ3v) is 9.18. The molecule has 9 heteroatoms. The van der Waals surface area contributed by atoms with Crippen molar-refractivity contribution in [3.63, 3.8) is 0 Å². The number of benzene rings is 3. The summed E-state index contributed by atoms with van der Waals surface area (Å²) in [6, 6.07) is 23.4. The molecule has 1 unspecified atom stereocenters. The number of nitrogens with one attached hydrogen (secondary N) is 2. The summed E-state index contributed by atoms with van der Waals surface area (Å²) in [5, 5.41) is 6.56. The Bertz CT molecular complexity index is 1490. The van der Waals surface area contributed by atoms with E-state index in [0.717, 1.165) is 41.8 Å². The Morgan fingerprint density at radius 2 is 1.51 bits per heavy atom. The van der Waals surface area contributed by atoms with E-state index >= 15 is 0 Å². The zero-order valence-electron chi connectivity index (χ0n) is 25.0. The maximum Gasteiger partial charge on any atom is 0.266 e. The molecule has 0 bridgehead atoms. The monoisotopic (exact) mass is 624 g/mol. The minimum absolute atomic E-state index is 0.00320. The van der Waals surface area contributed by atoms with Gasteiger partial charge in [0, 0.05) is 23.2 Å². The molecule has 2 amide bonds. The summed E-state index contributed by atoms with van der Waals surface area (Å²) in [5.74, 6) is -0.931. The molecule has 1 fully saturated rings. The van der Waals surface area contributed by atoms with E-state index in [0.29, 0.717) is 17.9 Å². The molecule has 0 aromatic heterocycles. The first-order valence-electron chi connectivity index (χ1n) is 14.8. The lowest BCUT2D eigenvalue weighted by atomic mass is 9.81. The summed E-state index contributed by atoms with van der Waals surface area (Å²) in [6.07, 6.45) is 4.30. The zero-order chi connectivity index (χ0) is 31.2. The lowest BCUT2D eigenvalue weighted by Gasteiger charge is -2.31. The van der Waals surface area contributed by atoms with Crippen LogP contribution in [0.3, 0.4) is 0 Å². The minimum Gasteiger partial charge on any atom is -0.353 e. The van der Waals surface area contributed by atoms with Gasteiger partial charge in [-0.3, -0.25) is 14.1 Å². The fraction of sp³-hybridized carbons (Fsp3) is 0.412. The van der Waals surface area contributed by atoms with Crippen molar-refractivity contribution in [2.45, 2.75) is 76.2 Å². The summed E-state index contributed by atoms with van der Waals surface area (Å²) < 4.78 is 30.7. The highest BCUT2D eigenvalue weighted by Crippen LogP contribution is 2.34. The van der Waals surface area contributed by atoms with E-state index in [2.05, 4.69) is 55.7 Å². The van der Waals surface area contributed by atoms with Crippen LogP contribution in [0.1, 0.15) is 90.9 Å². The van der Waals surface area contributed by atoms with E-state index < -0.39 is 27.7 Å². The molecule has 1 saturated carbocycles. The first-order chi connectivity index (χ1) is 20.3. The quantitative estimate of drug-likeness (QED) is 0.225. The molecular weight excluding hydrogens is 584 g/mol. The van der Waals surface area contributed by atoms with Crippen molar-refractivity contribution in [1.82, 2.24) is 10.6 Å². The maximum atomic E-state index is 13.8. The van der Waals surface area contributed by atoms with Gasteiger partial charge in [0.15, 0.2) is 0 Å². The van der Waals surface area contributed by atoms with Crippen LogP contribution in [-0.4, -0.2) is 43.1 Å². The lowest BCUT2D eigenvalue weighted by molar-refractivity contribution is -0.123. The number of hydrogen-bond donors (Lipinski definition) is 3.